The van der Waals surface area contributed by atoms with Crippen molar-refractivity contribution >= 4 is 52.5 Å². The van der Waals surface area contributed by atoms with Crippen LogP contribution in [0.25, 0.3) is 0 Å². The van der Waals surface area contributed by atoms with Crippen molar-refractivity contribution in [2.24, 2.45) is 0 Å². The zero-order valence-corrected chi connectivity index (χ0v) is 15.6. The highest BCUT2D eigenvalue weighted by molar-refractivity contribution is 8.02. The number of halogens is 2. The zero-order chi connectivity index (χ0) is 17.8. The topological polar surface area (TPSA) is 75.6 Å². The first kappa shape index (κ1) is 19.9. The first-order valence-corrected chi connectivity index (χ1v) is 8.60. The van der Waals surface area contributed by atoms with Crippen molar-refractivity contribution in [2.45, 2.75) is 38.5 Å². The molecule has 0 atom stereocenters. The first-order chi connectivity index (χ1) is 10.5. The number of carboxylic acids is 1. The molecule has 0 aliphatic rings. The number of hydrogen-bond acceptors (Lipinski definition) is 4. The van der Waals surface area contributed by atoms with Crippen LogP contribution in [0.5, 0.6) is 5.75 Å². The van der Waals surface area contributed by atoms with Gasteiger partial charge in [-0.2, -0.15) is 0 Å². The Balaban J connectivity index is 2.80. The number of benzene rings is 1. The van der Waals surface area contributed by atoms with Gasteiger partial charge in [-0.3, -0.25) is 9.59 Å². The van der Waals surface area contributed by atoms with Crippen molar-refractivity contribution < 1.29 is 19.4 Å². The lowest BCUT2D eigenvalue weighted by Gasteiger charge is -2.18. The van der Waals surface area contributed by atoms with Crippen LogP contribution in [0.3, 0.4) is 0 Å². The molecule has 0 bridgehead atoms. The summed E-state index contributed by atoms with van der Waals surface area (Å²) in [7, 11) is 0. The van der Waals surface area contributed by atoms with E-state index in [1.54, 1.807) is 6.07 Å². The van der Waals surface area contributed by atoms with Crippen LogP contribution < -0.4 is 10.1 Å². The predicted molar refractivity (Wildman–Crippen MR) is 95.0 cm³/mol. The van der Waals surface area contributed by atoms with Crippen LogP contribution in [0.2, 0.25) is 10.0 Å². The summed E-state index contributed by atoms with van der Waals surface area (Å²) < 4.78 is 4.49. The number of carbonyl (C=O) groups is 2. The summed E-state index contributed by atoms with van der Waals surface area (Å²) >= 11 is 13.1. The van der Waals surface area contributed by atoms with Crippen LogP contribution in [0.1, 0.15) is 27.7 Å². The summed E-state index contributed by atoms with van der Waals surface area (Å²) in [6.45, 7) is 6.79. The molecule has 5 nitrogen and oxygen atoms in total. The largest absolute Gasteiger partial charge is 0.489 e. The first-order valence-electron chi connectivity index (χ1n) is 6.86. The Morgan fingerprint density at radius 1 is 1.30 bits per heavy atom. The van der Waals surface area contributed by atoms with Crippen LogP contribution in [0.15, 0.2) is 12.1 Å². The lowest BCUT2D eigenvalue weighted by Crippen LogP contribution is -2.29. The molecular weight excluding hydrogens is 361 g/mol. The third-order valence-electron chi connectivity index (χ3n) is 2.74. The number of thioether (sulfide) groups is 1. The van der Waals surface area contributed by atoms with Gasteiger partial charge >= 0.3 is 5.97 Å². The Bertz CT molecular complexity index is 605. The minimum Gasteiger partial charge on any atom is -0.489 e. The molecule has 23 heavy (non-hydrogen) atoms. The standard InChI is InChI=1S/C15H19Cl2NO4S/c1-8(2)22-12-6-11(9(16)5-10(12)17)18-13(19)7-23-15(3,4)14(20)21/h5-6,8H,7H2,1-4H3,(H,18,19)(H,20,21). The quantitative estimate of drug-likeness (QED) is 0.737. The van der Waals surface area contributed by atoms with E-state index in [-0.39, 0.29) is 22.8 Å². The molecule has 0 saturated heterocycles. The predicted octanol–water partition coefficient (Wildman–Crippen LogP) is 4.32. The van der Waals surface area contributed by atoms with Crippen molar-refractivity contribution in [2.75, 3.05) is 11.1 Å². The number of hydrogen-bond donors (Lipinski definition) is 2. The van der Waals surface area contributed by atoms with E-state index in [1.165, 1.54) is 19.9 Å². The Morgan fingerprint density at radius 3 is 2.43 bits per heavy atom. The van der Waals surface area contributed by atoms with Gasteiger partial charge in [-0.05, 0) is 33.8 Å². The molecule has 0 radical (unpaired) electrons. The maximum Gasteiger partial charge on any atom is 0.319 e. The van der Waals surface area contributed by atoms with Crippen molar-refractivity contribution in [3.63, 3.8) is 0 Å². The van der Waals surface area contributed by atoms with Crippen LogP contribution in [0.4, 0.5) is 5.69 Å². The second-order valence-corrected chi connectivity index (χ2v) is 7.99. The second-order valence-electron chi connectivity index (χ2n) is 5.58. The maximum absolute atomic E-state index is 12.0. The van der Waals surface area contributed by atoms with Crippen LogP contribution >= 0.6 is 35.0 Å². The smallest absolute Gasteiger partial charge is 0.319 e. The molecule has 0 saturated carbocycles. The van der Waals surface area contributed by atoms with E-state index < -0.39 is 10.7 Å². The van der Waals surface area contributed by atoms with Gasteiger partial charge in [0.15, 0.2) is 0 Å². The Labute approximate surface area is 149 Å². The molecule has 0 aliphatic heterocycles. The summed E-state index contributed by atoms with van der Waals surface area (Å²) in [6, 6.07) is 3.04. The van der Waals surface area contributed by atoms with E-state index in [2.05, 4.69) is 5.32 Å². The van der Waals surface area contributed by atoms with Gasteiger partial charge in [0, 0.05) is 6.07 Å². The van der Waals surface area contributed by atoms with Crippen molar-refractivity contribution in [3.8, 4) is 5.75 Å². The Kier molecular flexibility index (Phi) is 7.04. The molecule has 2 N–H and O–H groups in total. The van der Waals surface area contributed by atoms with E-state index in [9.17, 15) is 9.59 Å². The molecule has 1 rings (SSSR count). The van der Waals surface area contributed by atoms with Gasteiger partial charge in [0.1, 0.15) is 10.5 Å². The number of anilines is 1. The van der Waals surface area contributed by atoms with E-state index in [4.69, 9.17) is 33.0 Å². The number of aliphatic carboxylic acids is 1. The van der Waals surface area contributed by atoms with Crippen LogP contribution in [-0.4, -0.2) is 33.6 Å². The highest BCUT2D eigenvalue weighted by Gasteiger charge is 2.28. The lowest BCUT2D eigenvalue weighted by molar-refractivity contribution is -0.138. The van der Waals surface area contributed by atoms with Crippen molar-refractivity contribution in [1.29, 1.82) is 0 Å². The van der Waals surface area contributed by atoms with Crippen molar-refractivity contribution in [1.82, 2.24) is 0 Å². The molecular formula is C15H19Cl2NO4S. The Hall–Kier alpha value is -1.11. The van der Waals surface area contributed by atoms with E-state index in [0.29, 0.717) is 16.5 Å². The number of carbonyl (C=O) groups excluding carboxylic acids is 1. The van der Waals surface area contributed by atoms with Gasteiger partial charge in [-0.1, -0.05) is 23.2 Å². The molecule has 0 aliphatic carbocycles. The fourth-order valence-electron chi connectivity index (χ4n) is 1.46. The summed E-state index contributed by atoms with van der Waals surface area (Å²) in [4.78, 5) is 23.0. The molecule has 0 heterocycles. The molecule has 0 fully saturated rings. The Morgan fingerprint density at radius 2 is 1.91 bits per heavy atom. The minimum atomic E-state index is -1.05. The molecule has 128 valence electrons. The molecule has 1 amide bonds. The van der Waals surface area contributed by atoms with Gasteiger partial charge in [0.05, 0.1) is 27.6 Å². The van der Waals surface area contributed by atoms with Gasteiger partial charge in [-0.25, -0.2) is 0 Å². The number of rotatable bonds is 7. The minimum absolute atomic E-state index is 0.0153. The monoisotopic (exact) mass is 379 g/mol. The highest BCUT2D eigenvalue weighted by Crippen LogP contribution is 2.35. The zero-order valence-electron chi connectivity index (χ0n) is 13.3. The maximum atomic E-state index is 12.0. The molecule has 1 aromatic rings. The molecule has 0 unspecified atom stereocenters. The van der Waals surface area contributed by atoms with Gasteiger partial charge in [-0.15, -0.1) is 11.8 Å². The molecule has 1 aromatic carbocycles. The fraction of sp³-hybridized carbons (Fsp3) is 0.467. The number of amides is 1. The fourth-order valence-corrected chi connectivity index (χ4v) is 2.63. The van der Waals surface area contributed by atoms with Crippen LogP contribution in [0, 0.1) is 0 Å². The second kappa shape index (κ2) is 8.13. The summed E-state index contributed by atoms with van der Waals surface area (Å²) in [5, 5.41) is 12.3. The summed E-state index contributed by atoms with van der Waals surface area (Å²) in [5.74, 6) is -0.935. The number of carboxylic acid groups (broad SMARTS) is 1. The average molecular weight is 380 g/mol. The summed E-state index contributed by atoms with van der Waals surface area (Å²) in [5.41, 5.74) is 0.366. The number of nitrogens with one attached hydrogen (secondary N) is 1. The van der Waals surface area contributed by atoms with Gasteiger partial charge in [0.25, 0.3) is 0 Å². The normalized spacial score (nSPS) is 11.4. The lowest BCUT2D eigenvalue weighted by atomic mass is 10.2. The molecule has 0 spiro atoms. The third-order valence-corrected chi connectivity index (χ3v) is 4.65. The molecule has 8 heteroatoms. The van der Waals surface area contributed by atoms with Gasteiger partial charge < -0.3 is 15.2 Å². The highest BCUT2D eigenvalue weighted by atomic mass is 35.5. The average Bonchev–Trinajstić information content (AvgIpc) is 2.41. The molecule has 0 aromatic heterocycles. The van der Waals surface area contributed by atoms with Crippen molar-refractivity contribution in [3.05, 3.63) is 22.2 Å². The van der Waals surface area contributed by atoms with E-state index in [1.807, 2.05) is 13.8 Å². The third kappa shape index (κ3) is 6.12. The summed E-state index contributed by atoms with van der Waals surface area (Å²) in [6.07, 6.45) is -0.0795. The SMILES string of the molecule is CC(C)Oc1cc(NC(=O)CSC(C)(C)C(=O)O)c(Cl)cc1Cl. The number of ether oxygens (including phenoxy) is 1. The van der Waals surface area contributed by atoms with Crippen LogP contribution in [-0.2, 0) is 9.59 Å². The van der Waals surface area contributed by atoms with E-state index >= 15 is 0 Å². The van der Waals surface area contributed by atoms with Gasteiger partial charge in [0.2, 0.25) is 5.91 Å². The van der Waals surface area contributed by atoms with E-state index in [0.717, 1.165) is 11.8 Å².